The predicted molar refractivity (Wildman–Crippen MR) is 206 cm³/mol. The maximum Gasteiger partial charge on any atom is 0.269 e. The van der Waals surface area contributed by atoms with Gasteiger partial charge in [-0.1, -0.05) is 109 Å². The van der Waals surface area contributed by atoms with Crippen LogP contribution < -0.4 is 0 Å². The fourth-order valence-corrected chi connectivity index (χ4v) is 8.83. The summed E-state index contributed by atoms with van der Waals surface area (Å²) in [5.41, 5.74) is 2.74. The number of non-ortho nitro benzene ring substituents is 1. The van der Waals surface area contributed by atoms with Crippen LogP contribution in [0, 0.1) is 10.1 Å². The molecule has 1 fully saturated rings. The molecule has 11 heteroatoms. The molecule has 9 nitrogen and oxygen atoms in total. The molecule has 5 aromatic rings. The van der Waals surface area contributed by atoms with E-state index in [0.717, 1.165) is 22.3 Å². The van der Waals surface area contributed by atoms with Crippen LogP contribution in [0.2, 0.25) is 0 Å². The van der Waals surface area contributed by atoms with Gasteiger partial charge in [-0.2, -0.15) is 4.31 Å². The van der Waals surface area contributed by atoms with Crippen LogP contribution in [0.5, 0.6) is 0 Å². The Morgan fingerprint density at radius 1 is 0.827 bits per heavy atom. The van der Waals surface area contributed by atoms with Gasteiger partial charge in [-0.15, -0.1) is 13.2 Å². The number of hydrogen-bond acceptors (Lipinski definition) is 7. The van der Waals surface area contributed by atoms with Gasteiger partial charge in [-0.05, 0) is 56.4 Å². The van der Waals surface area contributed by atoms with E-state index in [-0.39, 0.29) is 41.7 Å². The monoisotopic (exact) mass is 778 g/mol. The van der Waals surface area contributed by atoms with Crippen molar-refractivity contribution in [1.82, 2.24) is 14.2 Å². The standard InChI is InChI=1S/C41H39BrN4O5S/c1-3-26-44(52(49,50)36-23-21-35(22-24-36)46(47)48)29-37-40(31-20-25-39(42)43-28-31)38(45(37)27-4-2)30-51-41(32-14-8-5-9-15-32,33-16-10-6-11-17-33)34-18-12-7-13-19-34/h3-25,28,37-38,40H,1-2,26-27,29-30H2/t37-,38+,40+/m0/s1. The highest BCUT2D eigenvalue weighted by Crippen LogP contribution is 2.46. The van der Waals surface area contributed by atoms with E-state index in [9.17, 15) is 18.5 Å². The number of hydrogen-bond donors (Lipinski definition) is 0. The molecule has 0 bridgehead atoms. The lowest BCUT2D eigenvalue weighted by atomic mass is 9.75. The Hall–Kier alpha value is -4.78. The number of benzene rings is 4. The van der Waals surface area contributed by atoms with E-state index in [1.54, 1.807) is 6.08 Å². The topological polar surface area (TPSA) is 106 Å². The highest BCUT2D eigenvalue weighted by molar-refractivity contribution is 9.10. The summed E-state index contributed by atoms with van der Waals surface area (Å²) in [5, 5.41) is 11.3. The maximum absolute atomic E-state index is 14.1. The van der Waals surface area contributed by atoms with Crippen LogP contribution in [0.15, 0.2) is 168 Å². The van der Waals surface area contributed by atoms with Crippen LogP contribution >= 0.6 is 15.9 Å². The summed E-state index contributed by atoms with van der Waals surface area (Å²) >= 11 is 3.46. The summed E-state index contributed by atoms with van der Waals surface area (Å²) in [4.78, 5) is 17.5. The van der Waals surface area contributed by atoms with Gasteiger partial charge in [0.15, 0.2) is 0 Å². The number of halogens is 1. The number of likely N-dealkylation sites (tertiary alicyclic amines) is 1. The zero-order valence-electron chi connectivity index (χ0n) is 28.4. The first-order chi connectivity index (χ1) is 25.2. The Morgan fingerprint density at radius 3 is 1.85 bits per heavy atom. The molecule has 1 saturated heterocycles. The van der Waals surface area contributed by atoms with Crippen LogP contribution in [-0.2, 0) is 20.4 Å². The molecule has 1 aromatic heterocycles. The molecule has 0 spiro atoms. The van der Waals surface area contributed by atoms with Gasteiger partial charge in [0.25, 0.3) is 5.69 Å². The Bertz CT molecular complexity index is 1990. The Morgan fingerprint density at radius 2 is 1.38 bits per heavy atom. The first-order valence-corrected chi connectivity index (χ1v) is 19.1. The average molecular weight is 780 g/mol. The van der Waals surface area contributed by atoms with E-state index >= 15 is 0 Å². The minimum Gasteiger partial charge on any atom is -0.359 e. The molecule has 1 aliphatic heterocycles. The number of nitrogens with zero attached hydrogens (tertiary/aromatic N) is 4. The molecule has 4 aromatic carbocycles. The van der Waals surface area contributed by atoms with Gasteiger partial charge < -0.3 is 4.74 Å². The van der Waals surface area contributed by atoms with Crippen molar-refractivity contribution < 1.29 is 18.1 Å². The third-order valence-corrected chi connectivity index (χ3v) is 11.9. The number of aromatic nitrogens is 1. The van der Waals surface area contributed by atoms with E-state index in [0.29, 0.717) is 17.8 Å². The molecule has 0 unspecified atom stereocenters. The maximum atomic E-state index is 14.1. The second-order valence-electron chi connectivity index (χ2n) is 12.5. The minimum absolute atomic E-state index is 0.0327. The van der Waals surface area contributed by atoms with Gasteiger partial charge in [-0.25, -0.2) is 13.4 Å². The number of sulfonamides is 1. The van der Waals surface area contributed by atoms with Gasteiger partial charge in [0.2, 0.25) is 10.0 Å². The molecular weight excluding hydrogens is 740 g/mol. The number of rotatable bonds is 16. The first kappa shape index (κ1) is 37.0. The van der Waals surface area contributed by atoms with Gasteiger partial charge in [0, 0.05) is 56.0 Å². The summed E-state index contributed by atoms with van der Waals surface area (Å²) in [7, 11) is -4.06. The molecule has 266 valence electrons. The zero-order valence-corrected chi connectivity index (χ0v) is 30.8. The highest BCUT2D eigenvalue weighted by atomic mass is 79.9. The quantitative estimate of drug-likeness (QED) is 0.0329. The van der Waals surface area contributed by atoms with E-state index in [4.69, 9.17) is 4.74 Å². The van der Waals surface area contributed by atoms with Crippen molar-refractivity contribution in [2.45, 2.75) is 28.5 Å². The van der Waals surface area contributed by atoms with Crippen molar-refractivity contribution in [2.75, 3.05) is 26.2 Å². The molecule has 0 saturated carbocycles. The SMILES string of the molecule is C=CCN1[C@H](COC(c2ccccc2)(c2ccccc2)c2ccccc2)[C@H](c2ccc(Br)nc2)[C@@H]1CN(CC=C)S(=O)(=O)c1ccc([N+](=O)[O-])cc1. The van der Waals surface area contributed by atoms with Crippen LogP contribution in [0.3, 0.4) is 0 Å². The fourth-order valence-electron chi connectivity index (χ4n) is 7.17. The van der Waals surface area contributed by atoms with E-state index < -0.39 is 20.5 Å². The molecule has 6 rings (SSSR count). The van der Waals surface area contributed by atoms with Gasteiger partial charge in [-0.3, -0.25) is 15.0 Å². The number of nitro groups is 1. The van der Waals surface area contributed by atoms with E-state index in [1.165, 1.54) is 28.6 Å². The number of pyridine rings is 1. The molecule has 0 aliphatic carbocycles. The Balaban J connectivity index is 1.40. The van der Waals surface area contributed by atoms with Crippen LogP contribution in [0.1, 0.15) is 28.2 Å². The Kier molecular flexibility index (Phi) is 11.6. The van der Waals surface area contributed by atoms with Gasteiger partial charge >= 0.3 is 0 Å². The van der Waals surface area contributed by atoms with E-state index in [2.05, 4.69) is 75.4 Å². The number of ether oxygens (including phenoxy) is 1. The molecule has 0 N–H and O–H groups in total. The lowest BCUT2D eigenvalue weighted by Crippen LogP contribution is -2.67. The van der Waals surface area contributed by atoms with Crippen LogP contribution in [0.4, 0.5) is 5.69 Å². The second-order valence-corrected chi connectivity index (χ2v) is 15.3. The highest BCUT2D eigenvalue weighted by Gasteiger charge is 2.51. The predicted octanol–water partition coefficient (Wildman–Crippen LogP) is 7.96. The largest absolute Gasteiger partial charge is 0.359 e. The molecule has 3 atom stereocenters. The summed E-state index contributed by atoms with van der Waals surface area (Å²) in [6, 6.07) is 38.9. The van der Waals surface area contributed by atoms with Crippen LogP contribution in [0.25, 0.3) is 0 Å². The lowest BCUT2D eigenvalue weighted by Gasteiger charge is -2.56. The fraction of sp³-hybridized carbons (Fsp3) is 0.195. The van der Waals surface area contributed by atoms with Crippen molar-refractivity contribution in [1.29, 1.82) is 0 Å². The molecule has 0 amide bonds. The molecule has 1 aliphatic rings. The zero-order chi connectivity index (χ0) is 36.7. The Labute approximate surface area is 313 Å². The van der Waals surface area contributed by atoms with Gasteiger partial charge in [0.1, 0.15) is 10.2 Å². The van der Waals surface area contributed by atoms with E-state index in [1.807, 2.05) is 79.0 Å². The molecule has 0 radical (unpaired) electrons. The normalized spacial score (nSPS) is 17.7. The summed E-state index contributed by atoms with van der Waals surface area (Å²) in [5.74, 6) is -0.181. The van der Waals surface area contributed by atoms with Crippen molar-refractivity contribution in [3.05, 3.63) is 196 Å². The van der Waals surface area contributed by atoms with Gasteiger partial charge in [0.05, 0.1) is 16.4 Å². The van der Waals surface area contributed by atoms with Crippen molar-refractivity contribution in [3.8, 4) is 0 Å². The molecular formula is C41H39BrN4O5S. The number of nitro benzene ring substituents is 1. The summed E-state index contributed by atoms with van der Waals surface area (Å²) < 4.78 is 37.5. The summed E-state index contributed by atoms with van der Waals surface area (Å²) in [6.45, 7) is 8.82. The smallest absolute Gasteiger partial charge is 0.269 e. The molecule has 52 heavy (non-hydrogen) atoms. The molecule has 2 heterocycles. The third-order valence-electron chi connectivity index (χ3n) is 9.58. The first-order valence-electron chi connectivity index (χ1n) is 16.8. The van der Waals surface area contributed by atoms with Crippen LogP contribution in [-0.4, -0.2) is 65.9 Å². The lowest BCUT2D eigenvalue weighted by molar-refractivity contribution is -0.384. The second kappa shape index (κ2) is 16.3. The summed E-state index contributed by atoms with van der Waals surface area (Å²) in [6.07, 6.45) is 5.18. The van der Waals surface area contributed by atoms with Crippen molar-refractivity contribution in [2.24, 2.45) is 0 Å². The average Bonchev–Trinajstić information content (AvgIpc) is 3.17. The minimum atomic E-state index is -4.06. The third kappa shape index (κ3) is 7.41. The van der Waals surface area contributed by atoms with Crippen molar-refractivity contribution >= 4 is 31.6 Å². The van der Waals surface area contributed by atoms with Crippen molar-refractivity contribution in [3.63, 3.8) is 0 Å².